The fourth-order valence-corrected chi connectivity index (χ4v) is 2.45. The van der Waals surface area contributed by atoms with E-state index in [4.69, 9.17) is 11.5 Å². The van der Waals surface area contributed by atoms with E-state index in [-0.39, 0.29) is 24.0 Å². The van der Waals surface area contributed by atoms with Gasteiger partial charge in [-0.25, -0.2) is 4.98 Å². The van der Waals surface area contributed by atoms with E-state index in [0.29, 0.717) is 5.13 Å². The van der Waals surface area contributed by atoms with Gasteiger partial charge in [-0.2, -0.15) is 0 Å². The second kappa shape index (κ2) is 7.44. The number of nitrogen functional groups attached to an aromatic ring is 2. The van der Waals surface area contributed by atoms with Gasteiger partial charge in [0, 0.05) is 5.69 Å². The van der Waals surface area contributed by atoms with Crippen molar-refractivity contribution >= 4 is 56.3 Å². The summed E-state index contributed by atoms with van der Waals surface area (Å²) in [6.07, 6.45) is 0. The number of hydrogen-bond acceptors (Lipinski definition) is 4. The standard InChI is InChI=1S/C8H8N2S.C7H9N.HI/c1-5-2-3-6-7(4-5)11-8(9)10-6;1-6-2-4-7(8)5-3-6;/h2-4H,1H3,(H2,9,10);2-5H,8H2,1H3;1H. The first-order valence-corrected chi connectivity index (χ1v) is 6.81. The average molecular weight is 399 g/mol. The molecule has 5 heteroatoms. The molecule has 0 saturated heterocycles. The summed E-state index contributed by atoms with van der Waals surface area (Å²) < 4.78 is 1.17. The van der Waals surface area contributed by atoms with Gasteiger partial charge in [-0.1, -0.05) is 35.1 Å². The number of aryl methyl sites for hydroxylation is 2. The highest BCUT2D eigenvalue weighted by atomic mass is 127. The second-order valence-electron chi connectivity index (χ2n) is 4.43. The molecule has 1 aromatic heterocycles. The number of rotatable bonds is 0. The lowest BCUT2D eigenvalue weighted by molar-refractivity contribution is 1.46. The highest BCUT2D eigenvalue weighted by molar-refractivity contribution is 14.0. The quantitative estimate of drug-likeness (QED) is 0.436. The van der Waals surface area contributed by atoms with Crippen LogP contribution < -0.4 is 11.5 Å². The lowest BCUT2D eigenvalue weighted by atomic mass is 10.2. The van der Waals surface area contributed by atoms with E-state index in [1.807, 2.05) is 43.3 Å². The molecule has 1 heterocycles. The van der Waals surface area contributed by atoms with Gasteiger partial charge in [-0.15, -0.1) is 24.0 Å². The fourth-order valence-electron chi connectivity index (χ4n) is 1.62. The van der Waals surface area contributed by atoms with E-state index in [9.17, 15) is 0 Å². The normalized spacial score (nSPS) is 9.50. The van der Waals surface area contributed by atoms with Crippen LogP contribution in [-0.4, -0.2) is 4.98 Å². The Morgan fingerprint density at radius 3 is 2.10 bits per heavy atom. The van der Waals surface area contributed by atoms with Gasteiger partial charge >= 0.3 is 0 Å². The van der Waals surface area contributed by atoms with E-state index in [1.165, 1.54) is 27.2 Å². The number of aromatic nitrogens is 1. The summed E-state index contributed by atoms with van der Waals surface area (Å²) in [6, 6.07) is 13.9. The van der Waals surface area contributed by atoms with E-state index < -0.39 is 0 Å². The van der Waals surface area contributed by atoms with Crippen LogP contribution in [0.4, 0.5) is 10.8 Å². The molecule has 0 aliphatic rings. The molecule has 0 amide bonds. The van der Waals surface area contributed by atoms with Crippen molar-refractivity contribution in [2.45, 2.75) is 13.8 Å². The highest BCUT2D eigenvalue weighted by Gasteiger charge is 1.98. The zero-order chi connectivity index (χ0) is 13.8. The van der Waals surface area contributed by atoms with Gasteiger partial charge in [0.25, 0.3) is 0 Å². The Kier molecular flexibility index (Phi) is 6.22. The number of thiazole rings is 1. The molecule has 0 fully saturated rings. The Hall–Kier alpha value is -1.34. The maximum Gasteiger partial charge on any atom is 0.181 e. The predicted molar refractivity (Wildman–Crippen MR) is 99.8 cm³/mol. The molecule has 0 aliphatic heterocycles. The van der Waals surface area contributed by atoms with E-state index >= 15 is 0 Å². The summed E-state index contributed by atoms with van der Waals surface area (Å²) in [5.74, 6) is 0. The van der Waals surface area contributed by atoms with Crippen molar-refractivity contribution < 1.29 is 0 Å². The second-order valence-corrected chi connectivity index (χ2v) is 5.50. The van der Waals surface area contributed by atoms with Crippen molar-refractivity contribution in [3.05, 3.63) is 53.6 Å². The largest absolute Gasteiger partial charge is 0.399 e. The number of anilines is 2. The van der Waals surface area contributed by atoms with Crippen LogP contribution in [0.25, 0.3) is 10.2 Å². The van der Waals surface area contributed by atoms with Crippen LogP contribution in [0.3, 0.4) is 0 Å². The molecule has 0 atom stereocenters. The van der Waals surface area contributed by atoms with Crippen molar-refractivity contribution in [1.82, 2.24) is 4.98 Å². The molecule has 0 spiro atoms. The third kappa shape index (κ3) is 4.64. The summed E-state index contributed by atoms with van der Waals surface area (Å²) in [4.78, 5) is 4.15. The number of benzene rings is 2. The van der Waals surface area contributed by atoms with Gasteiger partial charge in [0.05, 0.1) is 10.2 Å². The first-order valence-electron chi connectivity index (χ1n) is 5.99. The molecular weight excluding hydrogens is 381 g/mol. The lowest BCUT2D eigenvalue weighted by Gasteiger charge is -1.90. The number of halogens is 1. The van der Waals surface area contributed by atoms with Crippen LogP contribution in [0.5, 0.6) is 0 Å². The van der Waals surface area contributed by atoms with E-state index in [1.54, 1.807) is 0 Å². The molecule has 3 aromatic rings. The zero-order valence-electron chi connectivity index (χ0n) is 11.5. The number of hydrogen-bond donors (Lipinski definition) is 2. The molecule has 20 heavy (non-hydrogen) atoms. The van der Waals surface area contributed by atoms with Crippen LogP contribution in [0.15, 0.2) is 42.5 Å². The van der Waals surface area contributed by atoms with Crippen LogP contribution in [-0.2, 0) is 0 Å². The van der Waals surface area contributed by atoms with Crippen molar-refractivity contribution in [3.63, 3.8) is 0 Å². The molecule has 0 aliphatic carbocycles. The smallest absolute Gasteiger partial charge is 0.181 e. The summed E-state index contributed by atoms with van der Waals surface area (Å²) in [5, 5.41) is 0.644. The maximum absolute atomic E-state index is 5.55. The first-order chi connectivity index (χ1) is 9.04. The summed E-state index contributed by atoms with van der Waals surface area (Å²) in [6.45, 7) is 4.11. The van der Waals surface area contributed by atoms with E-state index in [0.717, 1.165) is 11.2 Å². The van der Waals surface area contributed by atoms with Gasteiger partial charge in [-0.05, 0) is 43.7 Å². The van der Waals surface area contributed by atoms with Gasteiger partial charge in [-0.3, -0.25) is 0 Å². The zero-order valence-corrected chi connectivity index (χ0v) is 14.6. The molecule has 0 bridgehead atoms. The maximum atomic E-state index is 5.55. The lowest BCUT2D eigenvalue weighted by Crippen LogP contribution is -1.81. The third-order valence-corrected chi connectivity index (χ3v) is 3.49. The van der Waals surface area contributed by atoms with Crippen molar-refractivity contribution in [2.75, 3.05) is 11.5 Å². The van der Waals surface area contributed by atoms with Crippen molar-refractivity contribution in [1.29, 1.82) is 0 Å². The minimum Gasteiger partial charge on any atom is -0.399 e. The van der Waals surface area contributed by atoms with Crippen molar-refractivity contribution in [2.24, 2.45) is 0 Å². The number of nitrogens with zero attached hydrogens (tertiary/aromatic N) is 1. The van der Waals surface area contributed by atoms with Gasteiger partial charge in [0.1, 0.15) is 0 Å². The van der Waals surface area contributed by atoms with Gasteiger partial charge in [0.2, 0.25) is 0 Å². The Balaban J connectivity index is 0.000000200. The summed E-state index contributed by atoms with van der Waals surface area (Å²) in [5.41, 5.74) is 15.3. The summed E-state index contributed by atoms with van der Waals surface area (Å²) in [7, 11) is 0. The van der Waals surface area contributed by atoms with Crippen LogP contribution in [0.1, 0.15) is 11.1 Å². The molecule has 2 aromatic carbocycles. The van der Waals surface area contributed by atoms with Crippen LogP contribution in [0, 0.1) is 13.8 Å². The molecule has 0 radical (unpaired) electrons. The molecule has 106 valence electrons. The first kappa shape index (κ1) is 16.7. The molecule has 3 rings (SSSR count). The van der Waals surface area contributed by atoms with Crippen molar-refractivity contribution in [3.8, 4) is 0 Å². The topological polar surface area (TPSA) is 64.9 Å². The Morgan fingerprint density at radius 1 is 0.900 bits per heavy atom. The minimum atomic E-state index is 0. The predicted octanol–water partition coefficient (Wildman–Crippen LogP) is 4.38. The molecular formula is C15H18IN3S. The summed E-state index contributed by atoms with van der Waals surface area (Å²) >= 11 is 1.53. The molecule has 4 N–H and O–H groups in total. The Labute approximate surface area is 140 Å². The minimum absolute atomic E-state index is 0. The molecule has 3 nitrogen and oxygen atoms in total. The highest BCUT2D eigenvalue weighted by Crippen LogP contribution is 2.23. The third-order valence-electron chi connectivity index (χ3n) is 2.64. The monoisotopic (exact) mass is 399 g/mol. The molecule has 0 saturated carbocycles. The van der Waals surface area contributed by atoms with Crippen LogP contribution >= 0.6 is 35.3 Å². The Bertz CT molecular complexity index is 656. The van der Waals surface area contributed by atoms with Gasteiger partial charge in [0.15, 0.2) is 5.13 Å². The van der Waals surface area contributed by atoms with Gasteiger partial charge < -0.3 is 11.5 Å². The number of nitrogens with two attached hydrogens (primary N) is 2. The molecule has 0 unspecified atom stereocenters. The fraction of sp³-hybridized carbons (Fsp3) is 0.133. The average Bonchev–Trinajstić information content (AvgIpc) is 2.73. The Morgan fingerprint density at radius 2 is 1.50 bits per heavy atom. The van der Waals surface area contributed by atoms with Crippen LogP contribution in [0.2, 0.25) is 0 Å². The SMILES string of the molecule is Cc1ccc(N)cc1.Cc1ccc2nc(N)sc2c1.I. The number of fused-ring (bicyclic) bond motifs is 1. The van der Waals surface area contributed by atoms with E-state index in [2.05, 4.69) is 18.0 Å².